The Morgan fingerprint density at radius 1 is 1.26 bits per heavy atom. The summed E-state index contributed by atoms with van der Waals surface area (Å²) in [4.78, 5) is 15.7. The maximum Gasteiger partial charge on any atom is 0.417 e. The Morgan fingerprint density at radius 3 is 2.59 bits per heavy atom. The summed E-state index contributed by atoms with van der Waals surface area (Å²) in [6.45, 7) is -0.361. The molecular weight excluding hydrogens is 385 g/mol. The summed E-state index contributed by atoms with van der Waals surface area (Å²) in [7, 11) is 0. The van der Waals surface area contributed by atoms with Crippen LogP contribution in [0.15, 0.2) is 42.6 Å². The Labute approximate surface area is 156 Å². The van der Waals surface area contributed by atoms with Crippen LogP contribution in [0.5, 0.6) is 0 Å². The SMILES string of the molecule is O=C(CNc1c(Cc2ccccc2)nc2c(Cl)cc(C(F)(F)F)cn12)NO. The number of halogens is 4. The molecule has 10 heteroatoms. The molecule has 1 amide bonds. The number of hydrogen-bond donors (Lipinski definition) is 3. The first-order chi connectivity index (χ1) is 12.8. The minimum Gasteiger partial charge on any atom is -0.360 e. The van der Waals surface area contributed by atoms with Crippen molar-refractivity contribution >= 4 is 29.0 Å². The van der Waals surface area contributed by atoms with Crippen molar-refractivity contribution in [2.75, 3.05) is 11.9 Å². The summed E-state index contributed by atoms with van der Waals surface area (Å²) < 4.78 is 40.6. The lowest BCUT2D eigenvalue weighted by molar-refractivity contribution is -0.137. The van der Waals surface area contributed by atoms with Gasteiger partial charge < -0.3 is 5.32 Å². The fraction of sp³-hybridized carbons (Fsp3) is 0.176. The fourth-order valence-corrected chi connectivity index (χ4v) is 2.86. The number of imidazole rings is 1. The molecule has 6 nitrogen and oxygen atoms in total. The molecule has 0 bridgehead atoms. The standard InChI is InChI=1S/C17H14ClF3N4O2/c18-12-7-11(17(19,20)21)9-25-15(12)23-13(6-10-4-2-1-3-5-10)16(25)22-8-14(26)24-27/h1-5,7,9,22,27H,6,8H2,(H,24,26). The molecule has 2 heterocycles. The van der Waals surface area contributed by atoms with Crippen LogP contribution in [-0.4, -0.2) is 27.0 Å². The molecule has 0 spiro atoms. The van der Waals surface area contributed by atoms with Gasteiger partial charge in [0, 0.05) is 12.6 Å². The van der Waals surface area contributed by atoms with Gasteiger partial charge in [-0.1, -0.05) is 41.9 Å². The largest absolute Gasteiger partial charge is 0.417 e. The van der Waals surface area contributed by atoms with E-state index in [1.807, 2.05) is 30.3 Å². The monoisotopic (exact) mass is 398 g/mol. The third-order valence-corrected chi connectivity index (χ3v) is 4.11. The van der Waals surface area contributed by atoms with Crippen LogP contribution in [0.2, 0.25) is 5.02 Å². The number of hydroxylamine groups is 1. The van der Waals surface area contributed by atoms with Gasteiger partial charge >= 0.3 is 6.18 Å². The number of carbonyl (C=O) groups excluding carboxylic acids is 1. The average molecular weight is 399 g/mol. The number of benzene rings is 1. The molecule has 3 rings (SSSR count). The quantitative estimate of drug-likeness (QED) is 0.454. The third-order valence-electron chi connectivity index (χ3n) is 3.83. The number of amides is 1. The van der Waals surface area contributed by atoms with Crippen molar-refractivity contribution in [1.29, 1.82) is 0 Å². The number of pyridine rings is 1. The zero-order chi connectivity index (χ0) is 19.6. The molecule has 0 unspecified atom stereocenters. The second-order valence-corrected chi connectivity index (χ2v) is 6.13. The summed E-state index contributed by atoms with van der Waals surface area (Å²) in [6.07, 6.45) is -3.42. The van der Waals surface area contributed by atoms with E-state index >= 15 is 0 Å². The highest BCUT2D eigenvalue weighted by Gasteiger charge is 2.32. The molecule has 0 atom stereocenters. The summed E-state index contributed by atoms with van der Waals surface area (Å²) in [5.74, 6) is -0.570. The first kappa shape index (κ1) is 19.0. The van der Waals surface area contributed by atoms with Crippen molar-refractivity contribution in [3.8, 4) is 0 Å². The highest BCUT2D eigenvalue weighted by molar-refractivity contribution is 6.33. The lowest BCUT2D eigenvalue weighted by atomic mass is 10.1. The van der Waals surface area contributed by atoms with Gasteiger partial charge in [0.2, 0.25) is 0 Å². The molecule has 0 saturated heterocycles. The lowest BCUT2D eigenvalue weighted by Gasteiger charge is -2.11. The zero-order valence-electron chi connectivity index (χ0n) is 13.7. The number of hydrogen-bond acceptors (Lipinski definition) is 4. The molecule has 0 aliphatic heterocycles. The van der Waals surface area contributed by atoms with Crippen LogP contribution in [-0.2, 0) is 17.4 Å². The number of anilines is 1. The molecule has 2 aromatic heterocycles. The fourth-order valence-electron chi connectivity index (χ4n) is 2.61. The Bertz CT molecular complexity index is 974. The van der Waals surface area contributed by atoms with Crippen molar-refractivity contribution in [1.82, 2.24) is 14.9 Å². The van der Waals surface area contributed by atoms with Crippen LogP contribution in [0.25, 0.3) is 5.65 Å². The van der Waals surface area contributed by atoms with E-state index in [1.165, 1.54) is 5.48 Å². The number of fused-ring (bicyclic) bond motifs is 1. The van der Waals surface area contributed by atoms with Gasteiger partial charge in [-0.3, -0.25) is 14.4 Å². The van der Waals surface area contributed by atoms with Crippen molar-refractivity contribution in [3.63, 3.8) is 0 Å². The number of rotatable bonds is 5. The van der Waals surface area contributed by atoms with Gasteiger partial charge in [0.25, 0.3) is 5.91 Å². The summed E-state index contributed by atoms with van der Waals surface area (Å²) in [5.41, 5.74) is 1.92. The van der Waals surface area contributed by atoms with E-state index in [-0.39, 0.29) is 23.0 Å². The lowest BCUT2D eigenvalue weighted by Crippen LogP contribution is -2.27. The molecule has 0 aliphatic carbocycles. The van der Waals surface area contributed by atoms with Crippen LogP contribution in [0, 0.1) is 0 Å². The van der Waals surface area contributed by atoms with Crippen LogP contribution in [0.3, 0.4) is 0 Å². The van der Waals surface area contributed by atoms with Gasteiger partial charge in [0.1, 0.15) is 5.82 Å². The van der Waals surface area contributed by atoms with E-state index in [9.17, 15) is 18.0 Å². The maximum atomic E-state index is 13.1. The number of aromatic nitrogens is 2. The van der Waals surface area contributed by atoms with E-state index in [4.69, 9.17) is 16.8 Å². The highest BCUT2D eigenvalue weighted by Crippen LogP contribution is 2.34. The van der Waals surface area contributed by atoms with Crippen molar-refractivity contribution in [3.05, 3.63) is 64.4 Å². The second-order valence-electron chi connectivity index (χ2n) is 5.73. The Hall–Kier alpha value is -2.78. The van der Waals surface area contributed by atoms with Gasteiger partial charge in [0.15, 0.2) is 5.65 Å². The van der Waals surface area contributed by atoms with Gasteiger partial charge in [-0.2, -0.15) is 13.2 Å². The van der Waals surface area contributed by atoms with Crippen molar-refractivity contribution in [2.45, 2.75) is 12.6 Å². The Balaban J connectivity index is 2.12. The van der Waals surface area contributed by atoms with Gasteiger partial charge in [0.05, 0.1) is 22.8 Å². The molecule has 0 fully saturated rings. The first-order valence-corrected chi connectivity index (χ1v) is 8.16. The number of nitrogens with one attached hydrogen (secondary N) is 2. The molecule has 0 radical (unpaired) electrons. The number of alkyl halides is 3. The van der Waals surface area contributed by atoms with Crippen molar-refractivity contribution < 1.29 is 23.2 Å². The Kier molecular flexibility index (Phi) is 5.24. The molecule has 0 saturated carbocycles. The van der Waals surface area contributed by atoms with Gasteiger partial charge in [-0.05, 0) is 11.6 Å². The zero-order valence-corrected chi connectivity index (χ0v) is 14.5. The summed E-state index contributed by atoms with van der Waals surface area (Å²) >= 11 is 6.02. The van der Waals surface area contributed by atoms with Crippen LogP contribution in [0.4, 0.5) is 19.0 Å². The predicted octanol–water partition coefficient (Wildman–Crippen LogP) is 3.51. The first-order valence-electron chi connectivity index (χ1n) is 7.78. The topological polar surface area (TPSA) is 78.7 Å². The molecule has 27 heavy (non-hydrogen) atoms. The normalized spacial score (nSPS) is 11.6. The van der Waals surface area contributed by atoms with Gasteiger partial charge in [-0.15, -0.1) is 0 Å². The molecule has 0 aliphatic rings. The van der Waals surface area contributed by atoms with Gasteiger partial charge in [-0.25, -0.2) is 10.5 Å². The molecule has 3 N–H and O–H groups in total. The van der Waals surface area contributed by atoms with Crippen LogP contribution >= 0.6 is 11.6 Å². The molecular formula is C17H14ClF3N4O2. The minimum absolute atomic E-state index is 0.127. The maximum absolute atomic E-state index is 13.1. The minimum atomic E-state index is -4.60. The van der Waals surface area contributed by atoms with Crippen molar-refractivity contribution in [2.24, 2.45) is 0 Å². The number of carbonyl (C=O) groups is 1. The second kappa shape index (κ2) is 7.45. The van der Waals surface area contributed by atoms with E-state index in [0.717, 1.165) is 22.2 Å². The molecule has 142 valence electrons. The highest BCUT2D eigenvalue weighted by atomic mass is 35.5. The van der Waals surface area contributed by atoms with E-state index in [0.29, 0.717) is 12.1 Å². The average Bonchev–Trinajstić information content (AvgIpc) is 2.97. The summed E-state index contributed by atoms with van der Waals surface area (Å²) in [6, 6.07) is 9.98. The Morgan fingerprint density at radius 2 is 1.96 bits per heavy atom. The van der Waals surface area contributed by atoms with E-state index in [1.54, 1.807) is 0 Å². The van der Waals surface area contributed by atoms with E-state index in [2.05, 4.69) is 10.3 Å². The molecule has 3 aromatic rings. The van der Waals surface area contributed by atoms with Crippen LogP contribution in [0.1, 0.15) is 16.8 Å². The molecule has 1 aromatic carbocycles. The van der Waals surface area contributed by atoms with Crippen LogP contribution < -0.4 is 10.8 Å². The smallest absolute Gasteiger partial charge is 0.360 e. The van der Waals surface area contributed by atoms with E-state index < -0.39 is 17.6 Å². The third kappa shape index (κ3) is 4.15. The number of nitrogens with zero attached hydrogens (tertiary/aromatic N) is 2. The summed E-state index contributed by atoms with van der Waals surface area (Å²) in [5, 5.41) is 11.2. The predicted molar refractivity (Wildman–Crippen MR) is 92.9 cm³/mol.